The zero-order valence-corrected chi connectivity index (χ0v) is 7.60. The van der Waals surface area contributed by atoms with Crippen molar-refractivity contribution in [2.24, 2.45) is 11.7 Å². The van der Waals surface area contributed by atoms with Crippen molar-refractivity contribution in [2.45, 2.75) is 38.1 Å². The molecular formula is C9H19NO. The van der Waals surface area contributed by atoms with E-state index >= 15 is 0 Å². The Morgan fingerprint density at radius 1 is 1.64 bits per heavy atom. The lowest BCUT2D eigenvalue weighted by Gasteiger charge is -2.26. The largest absolute Gasteiger partial charge is 0.385 e. The van der Waals surface area contributed by atoms with E-state index in [1.807, 2.05) is 0 Å². The molecule has 2 nitrogen and oxygen atoms in total. The quantitative estimate of drug-likeness (QED) is 0.674. The van der Waals surface area contributed by atoms with E-state index in [-0.39, 0.29) is 5.54 Å². The van der Waals surface area contributed by atoms with Gasteiger partial charge in [-0.25, -0.2) is 0 Å². The average Bonchev–Trinajstić information content (AvgIpc) is 2.25. The Morgan fingerprint density at radius 3 is 2.82 bits per heavy atom. The summed E-state index contributed by atoms with van der Waals surface area (Å²) in [5.74, 6) is 0.683. The van der Waals surface area contributed by atoms with Crippen LogP contribution < -0.4 is 5.73 Å². The van der Waals surface area contributed by atoms with Gasteiger partial charge in [-0.3, -0.25) is 0 Å². The predicted octanol–water partition coefficient (Wildman–Crippen LogP) is 1.54. The van der Waals surface area contributed by atoms with E-state index in [2.05, 4.69) is 6.92 Å². The van der Waals surface area contributed by atoms with Gasteiger partial charge < -0.3 is 10.5 Å². The maximum atomic E-state index is 6.11. The van der Waals surface area contributed by atoms with Crippen LogP contribution in [0.5, 0.6) is 0 Å². The molecule has 0 unspecified atom stereocenters. The Bertz CT molecular complexity index is 123. The second-order valence-electron chi connectivity index (χ2n) is 3.88. The van der Waals surface area contributed by atoms with Crippen molar-refractivity contribution in [1.82, 2.24) is 0 Å². The molecule has 0 heterocycles. The third-order valence-corrected chi connectivity index (χ3v) is 2.87. The van der Waals surface area contributed by atoms with Gasteiger partial charge in [-0.05, 0) is 32.1 Å². The number of rotatable bonds is 3. The highest BCUT2D eigenvalue weighted by atomic mass is 16.5. The van der Waals surface area contributed by atoms with Gasteiger partial charge in [-0.1, -0.05) is 6.42 Å². The third-order valence-electron chi connectivity index (χ3n) is 2.87. The van der Waals surface area contributed by atoms with E-state index in [1.54, 1.807) is 7.11 Å². The normalized spacial score (nSPS) is 37.9. The molecule has 0 aromatic rings. The van der Waals surface area contributed by atoms with E-state index in [0.29, 0.717) is 5.92 Å². The third kappa shape index (κ3) is 2.17. The van der Waals surface area contributed by atoms with Crippen LogP contribution in [0.1, 0.15) is 32.6 Å². The molecule has 0 aromatic heterocycles. The fourth-order valence-corrected chi connectivity index (χ4v) is 2.00. The van der Waals surface area contributed by atoms with Crippen LogP contribution >= 0.6 is 0 Å². The topological polar surface area (TPSA) is 35.2 Å². The molecule has 0 amide bonds. The average molecular weight is 157 g/mol. The molecule has 2 atom stereocenters. The van der Waals surface area contributed by atoms with Gasteiger partial charge in [0.25, 0.3) is 0 Å². The van der Waals surface area contributed by atoms with Crippen molar-refractivity contribution in [2.75, 3.05) is 13.7 Å². The summed E-state index contributed by atoms with van der Waals surface area (Å²) in [6, 6.07) is 0. The Hall–Kier alpha value is -0.0800. The highest BCUT2D eigenvalue weighted by molar-refractivity contribution is 4.92. The Morgan fingerprint density at radius 2 is 2.36 bits per heavy atom. The van der Waals surface area contributed by atoms with Crippen molar-refractivity contribution in [3.63, 3.8) is 0 Å². The van der Waals surface area contributed by atoms with Crippen molar-refractivity contribution < 1.29 is 4.74 Å². The van der Waals surface area contributed by atoms with Gasteiger partial charge in [0.2, 0.25) is 0 Å². The van der Waals surface area contributed by atoms with Crippen LogP contribution in [0.3, 0.4) is 0 Å². The van der Waals surface area contributed by atoms with Crippen LogP contribution in [0, 0.1) is 5.92 Å². The highest BCUT2D eigenvalue weighted by Crippen LogP contribution is 2.35. The molecule has 1 saturated carbocycles. The van der Waals surface area contributed by atoms with Gasteiger partial charge in [-0.15, -0.1) is 0 Å². The predicted molar refractivity (Wildman–Crippen MR) is 46.4 cm³/mol. The molecular weight excluding hydrogens is 138 g/mol. The zero-order chi connectivity index (χ0) is 8.32. The number of hydrogen-bond acceptors (Lipinski definition) is 2. The zero-order valence-electron chi connectivity index (χ0n) is 7.60. The van der Waals surface area contributed by atoms with E-state index in [9.17, 15) is 0 Å². The minimum Gasteiger partial charge on any atom is -0.385 e. The van der Waals surface area contributed by atoms with Crippen LogP contribution in [-0.4, -0.2) is 19.3 Å². The lowest BCUT2D eigenvalue weighted by Crippen LogP contribution is -2.40. The van der Waals surface area contributed by atoms with Gasteiger partial charge in [0.1, 0.15) is 0 Å². The van der Waals surface area contributed by atoms with Crippen molar-refractivity contribution in [3.8, 4) is 0 Å². The van der Waals surface area contributed by atoms with E-state index in [1.165, 1.54) is 19.3 Å². The summed E-state index contributed by atoms with van der Waals surface area (Å²) in [7, 11) is 1.75. The number of methoxy groups -OCH3 is 1. The molecule has 66 valence electrons. The van der Waals surface area contributed by atoms with Crippen LogP contribution in [0.25, 0.3) is 0 Å². The van der Waals surface area contributed by atoms with Crippen LogP contribution in [0.15, 0.2) is 0 Å². The maximum absolute atomic E-state index is 6.11. The molecule has 0 saturated heterocycles. The summed E-state index contributed by atoms with van der Waals surface area (Å²) in [4.78, 5) is 0. The van der Waals surface area contributed by atoms with Gasteiger partial charge in [-0.2, -0.15) is 0 Å². The molecule has 0 radical (unpaired) electrons. The lowest BCUT2D eigenvalue weighted by atomic mass is 9.88. The molecule has 0 spiro atoms. The summed E-state index contributed by atoms with van der Waals surface area (Å²) in [5.41, 5.74) is 6.19. The van der Waals surface area contributed by atoms with Gasteiger partial charge >= 0.3 is 0 Å². The highest BCUT2D eigenvalue weighted by Gasteiger charge is 2.34. The molecule has 11 heavy (non-hydrogen) atoms. The van der Waals surface area contributed by atoms with Crippen molar-refractivity contribution in [3.05, 3.63) is 0 Å². The van der Waals surface area contributed by atoms with E-state index in [0.717, 1.165) is 13.0 Å². The summed E-state index contributed by atoms with van der Waals surface area (Å²) in [5, 5.41) is 0. The van der Waals surface area contributed by atoms with Crippen molar-refractivity contribution in [1.29, 1.82) is 0 Å². The van der Waals surface area contributed by atoms with E-state index in [4.69, 9.17) is 10.5 Å². The molecule has 1 aliphatic carbocycles. The van der Waals surface area contributed by atoms with Gasteiger partial charge in [0, 0.05) is 19.3 Å². The van der Waals surface area contributed by atoms with Gasteiger partial charge in [0.05, 0.1) is 0 Å². The standard InChI is InChI=1S/C9H19NO/c1-9(10)6-3-4-8(9)5-7-11-2/h8H,3-7,10H2,1-2H3/t8-,9+/m1/s1. The number of ether oxygens (including phenoxy) is 1. The summed E-state index contributed by atoms with van der Waals surface area (Å²) in [6.07, 6.45) is 4.89. The Kier molecular flexibility index (Phi) is 2.90. The minimum absolute atomic E-state index is 0.0819. The Labute approximate surface area is 69.1 Å². The fraction of sp³-hybridized carbons (Fsp3) is 1.00. The molecule has 1 aliphatic rings. The first-order valence-corrected chi connectivity index (χ1v) is 4.44. The summed E-state index contributed by atoms with van der Waals surface area (Å²) < 4.78 is 5.04. The maximum Gasteiger partial charge on any atom is 0.0465 e. The number of hydrogen-bond donors (Lipinski definition) is 1. The van der Waals surface area contributed by atoms with Crippen molar-refractivity contribution >= 4 is 0 Å². The SMILES string of the molecule is COCC[C@H]1CCC[C@]1(C)N. The Balaban J connectivity index is 2.32. The van der Waals surface area contributed by atoms with Crippen LogP contribution in [0.4, 0.5) is 0 Å². The number of nitrogens with two attached hydrogens (primary N) is 1. The molecule has 1 fully saturated rings. The molecule has 1 rings (SSSR count). The minimum atomic E-state index is 0.0819. The fourth-order valence-electron chi connectivity index (χ4n) is 2.00. The first-order chi connectivity index (χ1) is 5.17. The first-order valence-electron chi connectivity index (χ1n) is 4.44. The molecule has 0 bridgehead atoms. The van der Waals surface area contributed by atoms with E-state index < -0.39 is 0 Å². The smallest absolute Gasteiger partial charge is 0.0465 e. The lowest BCUT2D eigenvalue weighted by molar-refractivity contribution is 0.163. The monoisotopic (exact) mass is 157 g/mol. The second-order valence-corrected chi connectivity index (χ2v) is 3.88. The molecule has 0 aliphatic heterocycles. The molecule has 2 N–H and O–H groups in total. The summed E-state index contributed by atoms with van der Waals surface area (Å²) >= 11 is 0. The second kappa shape index (κ2) is 3.55. The van der Waals surface area contributed by atoms with Gasteiger partial charge in [0.15, 0.2) is 0 Å². The van der Waals surface area contributed by atoms with Crippen LogP contribution in [-0.2, 0) is 4.74 Å². The summed E-state index contributed by atoms with van der Waals surface area (Å²) in [6.45, 7) is 3.03. The van der Waals surface area contributed by atoms with Crippen LogP contribution in [0.2, 0.25) is 0 Å². The molecule has 2 heteroatoms. The molecule has 0 aromatic carbocycles. The first kappa shape index (κ1) is 9.01.